The van der Waals surface area contributed by atoms with Gasteiger partial charge in [0.1, 0.15) is 0 Å². The second-order valence-electron chi connectivity index (χ2n) is 6.31. The van der Waals surface area contributed by atoms with Crippen molar-refractivity contribution in [3.8, 4) is 22.3 Å². The fourth-order valence-corrected chi connectivity index (χ4v) is 5.42. The molecule has 26 heavy (non-hydrogen) atoms. The summed E-state index contributed by atoms with van der Waals surface area (Å²) in [7, 11) is 0. The van der Waals surface area contributed by atoms with Crippen molar-refractivity contribution in [3.63, 3.8) is 0 Å². The third kappa shape index (κ3) is 2.49. The molecule has 5 rings (SSSR count). The Balaban J connectivity index is 1.86. The van der Waals surface area contributed by atoms with E-state index in [1.807, 2.05) is 11.3 Å². The first-order chi connectivity index (χ1) is 12.8. The van der Waals surface area contributed by atoms with Crippen LogP contribution in [0, 0.1) is 0 Å². The number of halogens is 1. The van der Waals surface area contributed by atoms with Gasteiger partial charge in [-0.3, -0.25) is 0 Å². The molecule has 0 saturated carbocycles. The lowest BCUT2D eigenvalue weighted by Gasteiger charge is -2.05. The largest absolute Gasteiger partial charge is 0.134 e. The Hall–Kier alpha value is -2.42. The maximum atomic E-state index is 3.72. The Morgan fingerprint density at radius 3 is 1.81 bits per heavy atom. The molecule has 0 aliphatic rings. The van der Waals surface area contributed by atoms with Gasteiger partial charge < -0.3 is 0 Å². The van der Waals surface area contributed by atoms with Crippen molar-refractivity contribution in [2.45, 2.75) is 0 Å². The normalized spacial score (nSPS) is 11.3. The smallest absolute Gasteiger partial charge is 0.0434 e. The molecular weight excluding hydrogens is 400 g/mol. The summed E-state index contributed by atoms with van der Waals surface area (Å²) in [6.07, 6.45) is 0. The fourth-order valence-electron chi connectivity index (χ4n) is 3.56. The van der Waals surface area contributed by atoms with Gasteiger partial charge in [0.25, 0.3) is 0 Å². The summed E-state index contributed by atoms with van der Waals surface area (Å²) < 4.78 is 3.83. The first kappa shape index (κ1) is 15.8. The average Bonchev–Trinajstić information content (AvgIpc) is 3.08. The fraction of sp³-hybridized carbons (Fsp3) is 0. The van der Waals surface area contributed by atoms with Crippen LogP contribution in [0.25, 0.3) is 42.4 Å². The molecule has 5 aromatic rings. The molecule has 0 fully saturated rings. The first-order valence-electron chi connectivity index (χ1n) is 8.57. The van der Waals surface area contributed by atoms with Crippen LogP contribution >= 0.6 is 27.3 Å². The number of rotatable bonds is 2. The van der Waals surface area contributed by atoms with Gasteiger partial charge in [0.2, 0.25) is 0 Å². The van der Waals surface area contributed by atoms with Crippen LogP contribution in [0.5, 0.6) is 0 Å². The van der Waals surface area contributed by atoms with E-state index in [0.29, 0.717) is 0 Å². The molecule has 4 aromatic carbocycles. The van der Waals surface area contributed by atoms with E-state index < -0.39 is 0 Å². The van der Waals surface area contributed by atoms with Gasteiger partial charge in [0.05, 0.1) is 0 Å². The van der Waals surface area contributed by atoms with Crippen LogP contribution in [-0.2, 0) is 0 Å². The molecule has 1 aromatic heterocycles. The summed E-state index contributed by atoms with van der Waals surface area (Å²) in [5, 5.41) is 2.66. The van der Waals surface area contributed by atoms with Crippen LogP contribution < -0.4 is 0 Å². The lowest BCUT2D eigenvalue weighted by Crippen LogP contribution is -1.79. The molecule has 0 saturated heterocycles. The molecule has 0 nitrogen and oxygen atoms in total. The van der Waals surface area contributed by atoms with E-state index in [1.54, 1.807) is 0 Å². The second-order valence-corrected chi connectivity index (χ2v) is 8.19. The van der Waals surface area contributed by atoms with E-state index in [0.717, 1.165) is 4.47 Å². The molecule has 0 aliphatic carbocycles. The Bertz CT molecular complexity index is 1240. The van der Waals surface area contributed by atoms with Crippen LogP contribution in [-0.4, -0.2) is 0 Å². The monoisotopic (exact) mass is 414 g/mol. The summed E-state index contributed by atoms with van der Waals surface area (Å²) in [5.74, 6) is 0. The number of hydrogen-bond acceptors (Lipinski definition) is 1. The molecule has 0 radical (unpaired) electrons. The maximum absolute atomic E-state index is 3.72. The molecule has 1 heterocycles. The second kappa shape index (κ2) is 6.39. The highest BCUT2D eigenvalue weighted by atomic mass is 79.9. The lowest BCUT2D eigenvalue weighted by molar-refractivity contribution is 1.62. The van der Waals surface area contributed by atoms with Gasteiger partial charge in [0, 0.05) is 30.2 Å². The maximum Gasteiger partial charge on any atom is 0.0434 e. The van der Waals surface area contributed by atoms with E-state index in [9.17, 15) is 0 Å². The van der Waals surface area contributed by atoms with Gasteiger partial charge in [-0.2, -0.15) is 0 Å². The van der Waals surface area contributed by atoms with Crippen molar-refractivity contribution in [3.05, 3.63) is 95.5 Å². The standard InChI is InChI=1S/C24H15BrS/c25-22-15-5-4-10-18(22)19-12-7-14-21-20-13-6-11-17(23(20)26-24(19)21)16-8-2-1-3-9-16/h1-15H. The summed E-state index contributed by atoms with van der Waals surface area (Å²) in [4.78, 5) is 0. The van der Waals surface area contributed by atoms with Crippen LogP contribution in [0.2, 0.25) is 0 Å². The van der Waals surface area contributed by atoms with Gasteiger partial charge in [-0.05, 0) is 22.8 Å². The Morgan fingerprint density at radius 1 is 0.500 bits per heavy atom. The molecule has 0 aliphatic heterocycles. The minimum Gasteiger partial charge on any atom is -0.134 e. The first-order valence-corrected chi connectivity index (χ1v) is 10.2. The van der Waals surface area contributed by atoms with Gasteiger partial charge in [-0.15, -0.1) is 11.3 Å². The molecule has 0 unspecified atom stereocenters. The molecular formula is C24H15BrS. The quantitative estimate of drug-likeness (QED) is 0.273. The predicted molar refractivity (Wildman–Crippen MR) is 118 cm³/mol. The topological polar surface area (TPSA) is 0 Å². The zero-order chi connectivity index (χ0) is 17.5. The number of benzene rings is 4. The summed E-state index contributed by atoms with van der Waals surface area (Å²) in [5.41, 5.74) is 5.11. The highest BCUT2D eigenvalue weighted by Gasteiger charge is 2.14. The van der Waals surface area contributed by atoms with E-state index in [1.165, 1.54) is 42.4 Å². The lowest BCUT2D eigenvalue weighted by atomic mass is 10.0. The van der Waals surface area contributed by atoms with Crippen LogP contribution in [0.15, 0.2) is 95.5 Å². The summed E-state index contributed by atoms with van der Waals surface area (Å²) in [6, 6.07) is 32.4. The van der Waals surface area contributed by atoms with Crippen LogP contribution in [0.3, 0.4) is 0 Å². The Morgan fingerprint density at radius 2 is 1.08 bits per heavy atom. The van der Waals surface area contributed by atoms with Crippen molar-refractivity contribution in [1.82, 2.24) is 0 Å². The third-order valence-corrected chi connectivity index (χ3v) is 6.75. The Kier molecular flexibility index (Phi) is 3.88. The molecule has 0 bridgehead atoms. The highest BCUT2D eigenvalue weighted by Crippen LogP contribution is 2.44. The minimum atomic E-state index is 1.13. The van der Waals surface area contributed by atoms with E-state index in [4.69, 9.17) is 0 Å². The zero-order valence-corrected chi connectivity index (χ0v) is 16.3. The van der Waals surface area contributed by atoms with Gasteiger partial charge >= 0.3 is 0 Å². The number of thiophene rings is 1. The third-order valence-electron chi connectivity index (χ3n) is 4.77. The zero-order valence-electron chi connectivity index (χ0n) is 13.9. The van der Waals surface area contributed by atoms with Crippen molar-refractivity contribution in [1.29, 1.82) is 0 Å². The van der Waals surface area contributed by atoms with Gasteiger partial charge in [-0.25, -0.2) is 0 Å². The van der Waals surface area contributed by atoms with Gasteiger partial charge in [-0.1, -0.05) is 101 Å². The molecule has 0 N–H and O–H groups in total. The van der Waals surface area contributed by atoms with E-state index in [2.05, 4.69) is 107 Å². The highest BCUT2D eigenvalue weighted by molar-refractivity contribution is 9.10. The number of hydrogen-bond donors (Lipinski definition) is 0. The van der Waals surface area contributed by atoms with Crippen molar-refractivity contribution in [2.24, 2.45) is 0 Å². The Labute approximate surface area is 164 Å². The van der Waals surface area contributed by atoms with Crippen molar-refractivity contribution < 1.29 is 0 Å². The summed E-state index contributed by atoms with van der Waals surface area (Å²) >= 11 is 5.61. The minimum absolute atomic E-state index is 1.13. The number of fused-ring (bicyclic) bond motifs is 3. The molecule has 0 spiro atoms. The van der Waals surface area contributed by atoms with Crippen LogP contribution in [0.4, 0.5) is 0 Å². The summed E-state index contributed by atoms with van der Waals surface area (Å²) in [6.45, 7) is 0. The van der Waals surface area contributed by atoms with Crippen LogP contribution in [0.1, 0.15) is 0 Å². The van der Waals surface area contributed by atoms with E-state index >= 15 is 0 Å². The molecule has 0 atom stereocenters. The predicted octanol–water partition coefficient (Wildman–Crippen LogP) is 8.15. The SMILES string of the molecule is Brc1ccccc1-c1cccc2c1sc1c(-c3ccccc3)cccc12. The van der Waals surface area contributed by atoms with E-state index in [-0.39, 0.29) is 0 Å². The van der Waals surface area contributed by atoms with Gasteiger partial charge in [0.15, 0.2) is 0 Å². The van der Waals surface area contributed by atoms with Crippen molar-refractivity contribution in [2.75, 3.05) is 0 Å². The molecule has 2 heteroatoms. The average molecular weight is 415 g/mol. The van der Waals surface area contributed by atoms with Crippen molar-refractivity contribution >= 4 is 47.4 Å². The molecule has 0 amide bonds. The molecule has 124 valence electrons.